The third-order valence-corrected chi connectivity index (χ3v) is 5.80. The Morgan fingerprint density at radius 3 is 1.83 bits per heavy atom. The highest BCUT2D eigenvalue weighted by atomic mass is 31.2. The zero-order valence-electron chi connectivity index (χ0n) is 13.2. The van der Waals surface area contributed by atoms with Crippen molar-refractivity contribution in [1.82, 2.24) is 0 Å². The van der Waals surface area contributed by atoms with Crippen LogP contribution in [0.2, 0.25) is 0 Å². The van der Waals surface area contributed by atoms with Crippen LogP contribution in [0, 0.1) is 11.8 Å². The quantitative estimate of drug-likeness (QED) is 0.532. The van der Waals surface area contributed by atoms with Gasteiger partial charge < -0.3 is 9.05 Å². The summed E-state index contributed by atoms with van der Waals surface area (Å²) in [6, 6.07) is 18.0. The van der Waals surface area contributed by atoms with Crippen molar-refractivity contribution in [1.29, 1.82) is 0 Å². The average Bonchev–Trinajstić information content (AvgIpc) is 3.19. The molecule has 0 aliphatic heterocycles. The molecule has 124 valence electrons. The maximum Gasteiger partial charge on any atom is 0.587 e. The normalized spacial score (nSPS) is 24.9. The SMILES string of the molecule is O=P(Oc1ccccc1)(Oc1ccccc1)OC1CC2C=CC1C2. The van der Waals surface area contributed by atoms with Crippen molar-refractivity contribution in [3.05, 3.63) is 72.8 Å². The van der Waals surface area contributed by atoms with Crippen molar-refractivity contribution in [2.45, 2.75) is 18.9 Å². The monoisotopic (exact) mass is 342 g/mol. The fraction of sp³-hybridized carbons (Fsp3) is 0.263. The molecule has 0 spiro atoms. The van der Waals surface area contributed by atoms with E-state index >= 15 is 0 Å². The Hall–Kier alpha value is -2.03. The number of allylic oxidation sites excluding steroid dienone is 1. The molecule has 2 aromatic carbocycles. The lowest BCUT2D eigenvalue weighted by atomic mass is 10.1. The number of hydrogen-bond acceptors (Lipinski definition) is 4. The van der Waals surface area contributed by atoms with Gasteiger partial charge in [0.1, 0.15) is 11.5 Å². The minimum absolute atomic E-state index is 0.127. The van der Waals surface area contributed by atoms with Gasteiger partial charge in [-0.25, -0.2) is 4.57 Å². The van der Waals surface area contributed by atoms with Crippen LogP contribution >= 0.6 is 7.82 Å². The first kappa shape index (κ1) is 15.5. The molecule has 24 heavy (non-hydrogen) atoms. The summed E-state index contributed by atoms with van der Waals surface area (Å²) in [5.74, 6) is 1.75. The number of benzene rings is 2. The number of para-hydroxylation sites is 2. The van der Waals surface area contributed by atoms with Crippen LogP contribution < -0.4 is 9.05 Å². The largest absolute Gasteiger partial charge is 0.587 e. The van der Waals surface area contributed by atoms with Gasteiger partial charge in [0.2, 0.25) is 0 Å². The zero-order valence-corrected chi connectivity index (χ0v) is 14.0. The van der Waals surface area contributed by atoms with Crippen molar-refractivity contribution in [3.8, 4) is 11.5 Å². The standard InChI is InChI=1S/C19H19O4P/c20-24(21-17-7-3-1-4-8-17,22-18-9-5-2-6-10-18)23-19-14-15-11-12-16(19)13-15/h1-12,15-16,19H,13-14H2. The van der Waals surface area contributed by atoms with Gasteiger partial charge in [0.05, 0.1) is 6.10 Å². The fourth-order valence-corrected chi connectivity index (χ4v) is 4.76. The molecule has 2 bridgehead atoms. The summed E-state index contributed by atoms with van der Waals surface area (Å²) in [6.45, 7) is 0. The van der Waals surface area contributed by atoms with Gasteiger partial charge in [-0.05, 0) is 43.0 Å². The van der Waals surface area contributed by atoms with E-state index in [9.17, 15) is 4.57 Å². The second kappa shape index (κ2) is 6.46. The molecule has 1 saturated carbocycles. The number of rotatable bonds is 6. The average molecular weight is 342 g/mol. The molecule has 1 fully saturated rings. The van der Waals surface area contributed by atoms with E-state index in [4.69, 9.17) is 13.6 Å². The Morgan fingerprint density at radius 2 is 1.38 bits per heavy atom. The molecule has 4 nitrogen and oxygen atoms in total. The molecule has 2 aliphatic rings. The van der Waals surface area contributed by atoms with E-state index in [2.05, 4.69) is 12.2 Å². The van der Waals surface area contributed by atoms with Gasteiger partial charge in [-0.15, -0.1) is 0 Å². The fourth-order valence-electron chi connectivity index (χ4n) is 3.30. The van der Waals surface area contributed by atoms with E-state index in [-0.39, 0.29) is 6.10 Å². The van der Waals surface area contributed by atoms with Crippen molar-refractivity contribution in [2.24, 2.45) is 11.8 Å². The summed E-state index contributed by atoms with van der Waals surface area (Å²) in [6.07, 6.45) is 6.15. The van der Waals surface area contributed by atoms with Crippen LogP contribution in [0.3, 0.4) is 0 Å². The van der Waals surface area contributed by atoms with Gasteiger partial charge in [0, 0.05) is 5.92 Å². The van der Waals surface area contributed by atoms with Gasteiger partial charge in [0.15, 0.2) is 0 Å². The van der Waals surface area contributed by atoms with Gasteiger partial charge in [-0.1, -0.05) is 48.6 Å². The summed E-state index contributed by atoms with van der Waals surface area (Å²) in [5, 5.41) is 0. The molecule has 0 N–H and O–H groups in total. The summed E-state index contributed by atoms with van der Waals surface area (Å²) in [5.41, 5.74) is 0. The first-order valence-electron chi connectivity index (χ1n) is 8.16. The lowest BCUT2D eigenvalue weighted by Gasteiger charge is -2.25. The Labute approximate surface area is 141 Å². The Bertz CT molecular complexity index is 714. The molecule has 0 saturated heterocycles. The minimum Gasteiger partial charge on any atom is -0.395 e. The second-order valence-corrected chi connectivity index (χ2v) is 7.65. The molecule has 0 amide bonds. The number of phosphoric ester groups is 1. The van der Waals surface area contributed by atoms with E-state index in [0.29, 0.717) is 23.3 Å². The molecule has 4 rings (SSSR count). The summed E-state index contributed by atoms with van der Waals surface area (Å²) >= 11 is 0. The van der Waals surface area contributed by atoms with Crippen LogP contribution in [0.25, 0.3) is 0 Å². The van der Waals surface area contributed by atoms with Crippen LogP contribution in [0.5, 0.6) is 11.5 Å². The highest BCUT2D eigenvalue weighted by molar-refractivity contribution is 7.49. The van der Waals surface area contributed by atoms with Crippen molar-refractivity contribution in [2.75, 3.05) is 0 Å². The van der Waals surface area contributed by atoms with Gasteiger partial charge in [0.25, 0.3) is 0 Å². The summed E-state index contributed by atoms with van der Waals surface area (Å²) in [7, 11) is -3.78. The third kappa shape index (κ3) is 3.40. The number of phosphoric acid groups is 1. The summed E-state index contributed by atoms with van der Waals surface area (Å²) < 4.78 is 30.5. The summed E-state index contributed by atoms with van der Waals surface area (Å²) in [4.78, 5) is 0. The van der Waals surface area contributed by atoms with Crippen molar-refractivity contribution < 1.29 is 18.1 Å². The molecular formula is C19H19O4P. The van der Waals surface area contributed by atoms with E-state index in [0.717, 1.165) is 12.8 Å². The second-order valence-electron chi connectivity index (χ2n) is 6.18. The van der Waals surface area contributed by atoms with E-state index < -0.39 is 7.82 Å². The van der Waals surface area contributed by atoms with Crippen molar-refractivity contribution >= 4 is 7.82 Å². The van der Waals surface area contributed by atoms with Crippen LogP contribution in [0.4, 0.5) is 0 Å². The Kier molecular flexibility index (Phi) is 4.17. The smallest absolute Gasteiger partial charge is 0.395 e. The molecule has 0 radical (unpaired) electrons. The highest BCUT2D eigenvalue weighted by Crippen LogP contribution is 2.54. The third-order valence-electron chi connectivity index (χ3n) is 4.40. The molecule has 5 heteroatoms. The predicted octanol–water partition coefficient (Wildman–Crippen LogP) is 5.23. The lowest BCUT2D eigenvalue weighted by Crippen LogP contribution is -2.20. The Balaban J connectivity index is 1.56. The lowest BCUT2D eigenvalue weighted by molar-refractivity contribution is 0.124. The predicted molar refractivity (Wildman–Crippen MR) is 92.0 cm³/mol. The number of hydrogen-bond donors (Lipinski definition) is 0. The van der Waals surface area contributed by atoms with Crippen LogP contribution in [0.1, 0.15) is 12.8 Å². The van der Waals surface area contributed by atoms with Gasteiger partial charge in [-0.2, -0.15) is 0 Å². The first-order chi connectivity index (χ1) is 11.7. The molecule has 2 aromatic rings. The van der Waals surface area contributed by atoms with Crippen LogP contribution in [0.15, 0.2) is 72.8 Å². The molecule has 0 aromatic heterocycles. The Morgan fingerprint density at radius 1 is 0.792 bits per heavy atom. The first-order valence-corrected chi connectivity index (χ1v) is 9.62. The van der Waals surface area contributed by atoms with E-state index in [1.165, 1.54) is 0 Å². The minimum atomic E-state index is -3.78. The van der Waals surface area contributed by atoms with Gasteiger partial charge >= 0.3 is 7.82 Å². The molecule has 2 aliphatic carbocycles. The maximum atomic E-state index is 13.3. The maximum absolute atomic E-state index is 13.3. The highest BCUT2D eigenvalue weighted by Gasteiger charge is 2.43. The molecular weight excluding hydrogens is 323 g/mol. The van der Waals surface area contributed by atoms with Crippen LogP contribution in [-0.2, 0) is 9.09 Å². The topological polar surface area (TPSA) is 44.8 Å². The van der Waals surface area contributed by atoms with Crippen LogP contribution in [-0.4, -0.2) is 6.10 Å². The molecule has 3 atom stereocenters. The molecule has 3 unspecified atom stereocenters. The van der Waals surface area contributed by atoms with Crippen molar-refractivity contribution in [3.63, 3.8) is 0 Å². The zero-order chi connectivity index (χ0) is 16.4. The van der Waals surface area contributed by atoms with Gasteiger partial charge in [-0.3, -0.25) is 4.52 Å². The van der Waals surface area contributed by atoms with E-state index in [1.807, 2.05) is 36.4 Å². The molecule has 0 heterocycles. The van der Waals surface area contributed by atoms with E-state index in [1.54, 1.807) is 24.3 Å². The number of fused-ring (bicyclic) bond motifs is 2.